The summed E-state index contributed by atoms with van der Waals surface area (Å²) in [6.45, 7) is 1.88. The van der Waals surface area contributed by atoms with E-state index in [1.165, 1.54) is 11.8 Å². The Morgan fingerprint density at radius 1 is 1.00 bits per heavy atom. The van der Waals surface area contributed by atoms with Crippen LogP contribution in [-0.4, -0.2) is 40.6 Å². The second-order valence-corrected chi connectivity index (χ2v) is 6.68. The van der Waals surface area contributed by atoms with E-state index in [9.17, 15) is 0 Å². The third-order valence-corrected chi connectivity index (χ3v) is 4.67. The first-order chi connectivity index (χ1) is 12.7. The molecule has 1 N–H and O–H groups in total. The Kier molecular flexibility index (Phi) is 8.17. The molecule has 0 radical (unpaired) electrons. The number of thioether (sulfide) groups is 2. The van der Waals surface area contributed by atoms with Crippen LogP contribution in [0.1, 0.15) is 12.6 Å². The summed E-state index contributed by atoms with van der Waals surface area (Å²) in [7, 11) is 1.98. The first-order valence-corrected chi connectivity index (χ1v) is 10.3. The summed E-state index contributed by atoms with van der Waals surface area (Å²) in [4.78, 5) is 6.27. The van der Waals surface area contributed by atoms with Crippen molar-refractivity contribution in [1.29, 1.82) is 0 Å². The van der Waals surface area contributed by atoms with E-state index in [0.29, 0.717) is 5.17 Å². The Morgan fingerprint density at radius 3 is 2.35 bits per heavy atom. The Bertz CT molecular complexity index is 775. The first kappa shape index (κ1) is 20.0. The Morgan fingerprint density at radius 2 is 1.73 bits per heavy atom. The first-order valence-electron chi connectivity index (χ1n) is 7.89. The lowest BCUT2D eigenvalue weighted by atomic mass is 10.3. The van der Waals surface area contributed by atoms with Crippen molar-refractivity contribution in [2.75, 3.05) is 24.5 Å². The van der Waals surface area contributed by atoms with Crippen molar-refractivity contribution in [2.45, 2.75) is 6.92 Å². The van der Waals surface area contributed by atoms with Gasteiger partial charge in [0.05, 0.1) is 11.4 Å². The van der Waals surface area contributed by atoms with Gasteiger partial charge in [-0.05, 0) is 43.7 Å². The van der Waals surface area contributed by atoms with Crippen LogP contribution in [0, 0.1) is 0 Å². The highest BCUT2D eigenvalue weighted by molar-refractivity contribution is 8.13. The maximum absolute atomic E-state index is 4.46. The average Bonchev–Trinajstić information content (AvgIpc) is 2.71. The molecular formula is C18H22N6S2. The number of hydrogen-bond acceptors (Lipinski definition) is 6. The van der Waals surface area contributed by atoms with Crippen LogP contribution < -0.4 is 10.3 Å². The van der Waals surface area contributed by atoms with Gasteiger partial charge in [-0.15, -0.1) is 10.2 Å². The molecule has 0 spiro atoms. The minimum Gasteiger partial charge on any atom is -0.323 e. The zero-order valence-electron chi connectivity index (χ0n) is 15.2. The van der Waals surface area contributed by atoms with Crippen molar-refractivity contribution in [1.82, 2.24) is 10.4 Å². The van der Waals surface area contributed by atoms with E-state index in [4.69, 9.17) is 0 Å². The van der Waals surface area contributed by atoms with Gasteiger partial charge in [0.2, 0.25) is 5.17 Å². The van der Waals surface area contributed by atoms with Gasteiger partial charge in [-0.3, -0.25) is 10.4 Å². The van der Waals surface area contributed by atoms with E-state index in [2.05, 4.69) is 25.7 Å². The molecule has 0 bridgehead atoms. The molecule has 6 nitrogen and oxygen atoms in total. The van der Waals surface area contributed by atoms with E-state index < -0.39 is 0 Å². The number of amidine groups is 2. The third kappa shape index (κ3) is 5.89. The smallest absolute Gasteiger partial charge is 0.203 e. The summed E-state index contributed by atoms with van der Waals surface area (Å²) in [5, 5.41) is 14.4. The van der Waals surface area contributed by atoms with Gasteiger partial charge in [0.15, 0.2) is 5.17 Å². The number of rotatable bonds is 4. The second kappa shape index (κ2) is 10.6. The van der Waals surface area contributed by atoms with E-state index in [-0.39, 0.29) is 0 Å². The zero-order chi connectivity index (χ0) is 18.8. The van der Waals surface area contributed by atoms with Crippen LogP contribution in [0.4, 0.5) is 5.69 Å². The molecule has 1 aromatic carbocycles. The van der Waals surface area contributed by atoms with Gasteiger partial charge in [-0.25, -0.2) is 0 Å². The molecule has 8 heteroatoms. The number of hydrazone groups is 1. The number of anilines is 1. The van der Waals surface area contributed by atoms with Crippen molar-refractivity contribution in [2.24, 2.45) is 15.3 Å². The van der Waals surface area contributed by atoms with E-state index in [1.807, 2.05) is 79.9 Å². The molecule has 0 atom stereocenters. The molecule has 136 valence electrons. The van der Waals surface area contributed by atoms with Gasteiger partial charge in [-0.1, -0.05) is 47.8 Å². The van der Waals surface area contributed by atoms with Crippen LogP contribution >= 0.6 is 23.5 Å². The SMILES string of the molecule is CSC(=NN=C(C)c1ccccn1)NN=C(SC)N(C)c1ccccc1. The van der Waals surface area contributed by atoms with Gasteiger partial charge >= 0.3 is 0 Å². The van der Waals surface area contributed by atoms with Gasteiger partial charge < -0.3 is 4.90 Å². The van der Waals surface area contributed by atoms with Crippen molar-refractivity contribution in [3.63, 3.8) is 0 Å². The largest absolute Gasteiger partial charge is 0.323 e. The lowest BCUT2D eigenvalue weighted by Crippen LogP contribution is -2.27. The average molecular weight is 387 g/mol. The highest BCUT2D eigenvalue weighted by Crippen LogP contribution is 2.15. The summed E-state index contributed by atoms with van der Waals surface area (Å²) < 4.78 is 0. The number of aromatic nitrogens is 1. The number of nitrogens with zero attached hydrogens (tertiary/aromatic N) is 5. The maximum Gasteiger partial charge on any atom is 0.203 e. The molecule has 0 saturated carbocycles. The number of pyridine rings is 1. The predicted octanol–water partition coefficient (Wildman–Crippen LogP) is 3.88. The fourth-order valence-corrected chi connectivity index (χ4v) is 2.75. The second-order valence-electron chi connectivity index (χ2n) is 5.11. The zero-order valence-corrected chi connectivity index (χ0v) is 16.9. The highest BCUT2D eigenvalue weighted by Gasteiger charge is 2.08. The summed E-state index contributed by atoms with van der Waals surface area (Å²) in [5.74, 6) is 0. The topological polar surface area (TPSA) is 65.2 Å². The highest BCUT2D eigenvalue weighted by atomic mass is 32.2. The Balaban J connectivity index is 2.11. The Labute approximate surface area is 162 Å². The lowest BCUT2D eigenvalue weighted by Gasteiger charge is -2.19. The molecule has 26 heavy (non-hydrogen) atoms. The van der Waals surface area contributed by atoms with Crippen molar-refractivity contribution < 1.29 is 0 Å². The molecular weight excluding hydrogens is 364 g/mol. The molecule has 2 rings (SSSR count). The van der Waals surface area contributed by atoms with Gasteiger partial charge in [0, 0.05) is 18.9 Å². The minimum absolute atomic E-state index is 0.605. The van der Waals surface area contributed by atoms with Gasteiger partial charge in [0.25, 0.3) is 0 Å². The number of para-hydroxylation sites is 1. The third-order valence-electron chi connectivity index (χ3n) is 3.38. The fraction of sp³-hybridized carbons (Fsp3) is 0.222. The number of benzene rings is 1. The molecule has 0 aliphatic rings. The quantitative estimate of drug-likeness (QED) is 0.491. The van der Waals surface area contributed by atoms with Crippen molar-refractivity contribution in [3.05, 3.63) is 60.4 Å². The monoisotopic (exact) mass is 386 g/mol. The summed E-state index contributed by atoms with van der Waals surface area (Å²) in [5.41, 5.74) is 5.60. The molecule has 1 heterocycles. The maximum atomic E-state index is 4.46. The molecule has 0 unspecified atom stereocenters. The van der Waals surface area contributed by atoms with Gasteiger partial charge in [0.1, 0.15) is 0 Å². The fourth-order valence-electron chi connectivity index (χ4n) is 1.97. The Hall–Kier alpha value is -2.32. The van der Waals surface area contributed by atoms with E-state index >= 15 is 0 Å². The predicted molar refractivity (Wildman–Crippen MR) is 116 cm³/mol. The molecule has 0 aliphatic heterocycles. The standard InChI is InChI=1S/C18H22N6S2/c1-14(16-12-8-9-13-19-16)20-21-17(25-3)22-23-18(26-4)24(2)15-10-6-5-7-11-15/h5-13H,1-4H3,(H,21,22). The summed E-state index contributed by atoms with van der Waals surface area (Å²) in [6, 6.07) is 15.8. The normalized spacial score (nSPS) is 12.8. The van der Waals surface area contributed by atoms with Crippen molar-refractivity contribution in [3.8, 4) is 0 Å². The molecule has 0 amide bonds. The molecule has 0 saturated heterocycles. The van der Waals surface area contributed by atoms with Crippen LogP contribution in [0.25, 0.3) is 0 Å². The van der Waals surface area contributed by atoms with E-state index in [0.717, 1.165) is 22.3 Å². The number of hydrogen-bond donors (Lipinski definition) is 1. The molecule has 0 fully saturated rings. The summed E-state index contributed by atoms with van der Waals surface area (Å²) >= 11 is 2.99. The van der Waals surface area contributed by atoms with Crippen LogP contribution in [0.5, 0.6) is 0 Å². The number of nitrogens with one attached hydrogen (secondary N) is 1. The molecule has 1 aromatic heterocycles. The van der Waals surface area contributed by atoms with Gasteiger partial charge in [-0.2, -0.15) is 5.10 Å². The van der Waals surface area contributed by atoms with Crippen LogP contribution in [0.2, 0.25) is 0 Å². The van der Waals surface area contributed by atoms with Crippen LogP contribution in [0.15, 0.2) is 70.0 Å². The summed E-state index contributed by atoms with van der Waals surface area (Å²) in [6.07, 6.45) is 5.64. The van der Waals surface area contributed by atoms with Crippen LogP contribution in [-0.2, 0) is 0 Å². The minimum atomic E-state index is 0.605. The van der Waals surface area contributed by atoms with E-state index in [1.54, 1.807) is 18.0 Å². The molecule has 2 aromatic rings. The molecule has 0 aliphatic carbocycles. The lowest BCUT2D eigenvalue weighted by molar-refractivity contribution is 1.02. The van der Waals surface area contributed by atoms with Crippen molar-refractivity contribution >= 4 is 45.3 Å². The van der Waals surface area contributed by atoms with Crippen LogP contribution in [0.3, 0.4) is 0 Å².